The van der Waals surface area contributed by atoms with Crippen LogP contribution in [0.2, 0.25) is 0 Å². The minimum absolute atomic E-state index is 0.0397. The van der Waals surface area contributed by atoms with Crippen LogP contribution >= 0.6 is 0 Å². The Labute approximate surface area is 170 Å². The normalized spacial score (nSPS) is 19.9. The molecule has 150 valence electrons. The minimum Gasteiger partial charge on any atom is -0.494 e. The molecule has 1 N–H and O–H groups in total. The number of urea groups is 1. The second kappa shape index (κ2) is 7.62. The fourth-order valence-corrected chi connectivity index (χ4v) is 3.99. The van der Waals surface area contributed by atoms with Gasteiger partial charge in [0.15, 0.2) is 0 Å². The molecule has 0 spiro atoms. The molecule has 2 aliphatic rings. The number of carbonyl (C=O) groups is 2. The third kappa shape index (κ3) is 3.35. The molecule has 0 bridgehead atoms. The third-order valence-electron chi connectivity index (χ3n) is 5.66. The van der Waals surface area contributed by atoms with Crippen LogP contribution in [0.4, 0.5) is 4.79 Å². The molecule has 0 saturated heterocycles. The highest BCUT2D eigenvalue weighted by Gasteiger charge is 2.44. The predicted molar refractivity (Wildman–Crippen MR) is 110 cm³/mol. The molecule has 3 amide bonds. The van der Waals surface area contributed by atoms with Gasteiger partial charge in [-0.25, -0.2) is 4.79 Å². The summed E-state index contributed by atoms with van der Waals surface area (Å²) in [6.07, 6.45) is 0. The van der Waals surface area contributed by atoms with Crippen molar-refractivity contribution < 1.29 is 14.3 Å². The number of hydrogen-bond donors (Lipinski definition) is 1. The van der Waals surface area contributed by atoms with Gasteiger partial charge in [-0.1, -0.05) is 42.5 Å². The Kier molecular flexibility index (Phi) is 5.01. The molecule has 0 saturated carbocycles. The molecule has 2 aliphatic heterocycles. The monoisotopic (exact) mass is 391 g/mol. The van der Waals surface area contributed by atoms with Gasteiger partial charge in [0.05, 0.1) is 36.5 Å². The largest absolute Gasteiger partial charge is 0.494 e. The lowest BCUT2D eigenvalue weighted by Gasteiger charge is -2.31. The minimum atomic E-state index is -0.468. The molecule has 2 aromatic rings. The average Bonchev–Trinajstić information content (AvgIpc) is 3.09. The van der Waals surface area contributed by atoms with Crippen molar-refractivity contribution in [2.75, 3.05) is 20.2 Å². The molecule has 6 heteroatoms. The molecule has 6 nitrogen and oxygen atoms in total. The quantitative estimate of drug-likeness (QED) is 0.847. The van der Waals surface area contributed by atoms with Crippen LogP contribution in [-0.2, 0) is 4.79 Å². The van der Waals surface area contributed by atoms with E-state index in [1.165, 1.54) is 0 Å². The fourth-order valence-electron chi connectivity index (χ4n) is 3.99. The van der Waals surface area contributed by atoms with Gasteiger partial charge in [0, 0.05) is 7.05 Å². The highest BCUT2D eigenvalue weighted by Crippen LogP contribution is 2.39. The Morgan fingerprint density at radius 2 is 1.79 bits per heavy atom. The van der Waals surface area contributed by atoms with Crippen LogP contribution in [0, 0.1) is 0 Å². The number of benzene rings is 2. The molecular formula is C23H25N3O3. The van der Waals surface area contributed by atoms with Crippen molar-refractivity contribution >= 4 is 11.9 Å². The lowest BCUT2D eigenvalue weighted by molar-refractivity contribution is -0.127. The number of amides is 3. The van der Waals surface area contributed by atoms with E-state index in [1.54, 1.807) is 11.9 Å². The highest BCUT2D eigenvalue weighted by molar-refractivity contribution is 6.01. The molecule has 2 heterocycles. The van der Waals surface area contributed by atoms with E-state index in [1.807, 2.05) is 73.3 Å². The first kappa shape index (κ1) is 19.1. The molecular weight excluding hydrogens is 366 g/mol. The van der Waals surface area contributed by atoms with Crippen LogP contribution in [0.3, 0.4) is 0 Å². The first-order chi connectivity index (χ1) is 14.0. The van der Waals surface area contributed by atoms with Crippen LogP contribution in [-0.4, -0.2) is 41.9 Å². The van der Waals surface area contributed by atoms with E-state index in [2.05, 4.69) is 5.32 Å². The molecule has 0 radical (unpaired) electrons. The van der Waals surface area contributed by atoms with E-state index in [0.717, 1.165) is 22.6 Å². The Morgan fingerprint density at radius 3 is 2.45 bits per heavy atom. The number of nitrogens with one attached hydrogen (secondary N) is 1. The van der Waals surface area contributed by atoms with Crippen molar-refractivity contribution in [1.82, 2.24) is 15.1 Å². The zero-order valence-corrected chi connectivity index (χ0v) is 16.9. The maximum atomic E-state index is 13.4. The van der Waals surface area contributed by atoms with E-state index >= 15 is 0 Å². The summed E-state index contributed by atoms with van der Waals surface area (Å²) in [6, 6.07) is 16.7. The van der Waals surface area contributed by atoms with Crippen molar-refractivity contribution in [3.8, 4) is 5.75 Å². The summed E-state index contributed by atoms with van der Waals surface area (Å²) in [5.74, 6) is 0.726. The Morgan fingerprint density at radius 1 is 1.10 bits per heavy atom. The lowest BCUT2D eigenvalue weighted by atomic mass is 9.95. The fraction of sp³-hybridized carbons (Fsp3) is 0.304. The zero-order chi connectivity index (χ0) is 20.5. The lowest BCUT2D eigenvalue weighted by Crippen LogP contribution is -2.45. The number of nitrogens with zero attached hydrogens (tertiary/aromatic N) is 2. The maximum Gasteiger partial charge on any atom is 0.322 e. The van der Waals surface area contributed by atoms with Gasteiger partial charge in [0.1, 0.15) is 5.75 Å². The van der Waals surface area contributed by atoms with Crippen LogP contribution < -0.4 is 10.1 Å². The van der Waals surface area contributed by atoms with Gasteiger partial charge in [-0.3, -0.25) is 9.69 Å². The summed E-state index contributed by atoms with van der Waals surface area (Å²) < 4.78 is 5.51. The second-order valence-corrected chi connectivity index (χ2v) is 7.32. The van der Waals surface area contributed by atoms with Crippen LogP contribution in [0.25, 0.3) is 0 Å². The topological polar surface area (TPSA) is 61.9 Å². The Balaban J connectivity index is 1.67. The molecule has 0 unspecified atom stereocenters. The Bertz CT molecular complexity index is 953. The van der Waals surface area contributed by atoms with E-state index in [9.17, 15) is 9.59 Å². The smallest absolute Gasteiger partial charge is 0.322 e. The average molecular weight is 391 g/mol. The van der Waals surface area contributed by atoms with Crippen molar-refractivity contribution in [3.63, 3.8) is 0 Å². The SMILES string of the molecule is CCOc1ccc([C@@H]2NC(=O)N(C)C3=C2C(=O)N([C@@H](C)c2ccccc2)C3)cc1. The number of carbonyl (C=O) groups excluding carboxylic acids is 2. The van der Waals surface area contributed by atoms with Crippen LogP contribution in [0.1, 0.15) is 37.1 Å². The van der Waals surface area contributed by atoms with Crippen LogP contribution in [0.15, 0.2) is 65.9 Å². The molecule has 2 atom stereocenters. The van der Waals surface area contributed by atoms with Crippen molar-refractivity contribution in [2.24, 2.45) is 0 Å². The summed E-state index contributed by atoms with van der Waals surface area (Å²) in [5, 5.41) is 2.98. The first-order valence-electron chi connectivity index (χ1n) is 9.87. The first-order valence-corrected chi connectivity index (χ1v) is 9.87. The standard InChI is InChI=1S/C23H25N3O3/c1-4-29-18-12-10-17(11-13-18)21-20-19(25(3)23(28)24-21)14-26(22(20)27)15(2)16-8-6-5-7-9-16/h5-13,15,21H,4,14H2,1-3H3,(H,24,28)/t15-,21-/m0/s1. The second-order valence-electron chi connectivity index (χ2n) is 7.32. The van der Waals surface area contributed by atoms with Crippen molar-refractivity contribution in [3.05, 3.63) is 77.0 Å². The number of hydrogen-bond acceptors (Lipinski definition) is 3. The van der Waals surface area contributed by atoms with E-state index in [4.69, 9.17) is 4.74 Å². The van der Waals surface area contributed by atoms with E-state index < -0.39 is 6.04 Å². The zero-order valence-electron chi connectivity index (χ0n) is 16.9. The highest BCUT2D eigenvalue weighted by atomic mass is 16.5. The molecule has 29 heavy (non-hydrogen) atoms. The predicted octanol–water partition coefficient (Wildman–Crippen LogP) is 3.64. The summed E-state index contributed by atoms with van der Waals surface area (Å²) in [6.45, 7) is 4.96. The van der Waals surface area contributed by atoms with Gasteiger partial charge in [-0.15, -0.1) is 0 Å². The number of likely N-dealkylation sites (N-methyl/N-ethyl adjacent to an activating group) is 1. The van der Waals surface area contributed by atoms with Crippen molar-refractivity contribution in [2.45, 2.75) is 25.9 Å². The van der Waals surface area contributed by atoms with E-state index in [0.29, 0.717) is 18.7 Å². The molecule has 2 aromatic carbocycles. The molecule has 0 fully saturated rings. The van der Waals surface area contributed by atoms with Gasteiger partial charge in [0.25, 0.3) is 5.91 Å². The summed E-state index contributed by atoms with van der Waals surface area (Å²) in [5.41, 5.74) is 3.34. The summed E-state index contributed by atoms with van der Waals surface area (Å²) in [4.78, 5) is 29.4. The van der Waals surface area contributed by atoms with Gasteiger partial charge >= 0.3 is 6.03 Å². The molecule has 0 aliphatic carbocycles. The van der Waals surface area contributed by atoms with E-state index in [-0.39, 0.29) is 18.0 Å². The summed E-state index contributed by atoms with van der Waals surface area (Å²) in [7, 11) is 1.71. The van der Waals surface area contributed by atoms with Crippen LogP contribution in [0.5, 0.6) is 5.75 Å². The maximum absolute atomic E-state index is 13.4. The molecule has 4 rings (SSSR count). The van der Waals surface area contributed by atoms with Gasteiger partial charge in [-0.05, 0) is 37.1 Å². The van der Waals surface area contributed by atoms with Gasteiger partial charge in [0.2, 0.25) is 0 Å². The molecule has 0 aromatic heterocycles. The summed E-state index contributed by atoms with van der Waals surface area (Å²) >= 11 is 0. The third-order valence-corrected chi connectivity index (χ3v) is 5.66. The van der Waals surface area contributed by atoms with Crippen molar-refractivity contribution in [1.29, 1.82) is 0 Å². The Hall–Kier alpha value is -3.28. The number of rotatable bonds is 5. The van der Waals surface area contributed by atoms with Gasteiger partial charge in [-0.2, -0.15) is 0 Å². The number of ether oxygens (including phenoxy) is 1. The van der Waals surface area contributed by atoms with Gasteiger partial charge < -0.3 is 15.0 Å².